The van der Waals surface area contributed by atoms with Crippen LogP contribution in [0.2, 0.25) is 0 Å². The second kappa shape index (κ2) is 9.73. The van der Waals surface area contributed by atoms with Gasteiger partial charge in [0, 0.05) is 12.2 Å². The summed E-state index contributed by atoms with van der Waals surface area (Å²) in [5.41, 5.74) is 2.27. The van der Waals surface area contributed by atoms with Crippen molar-refractivity contribution in [2.24, 2.45) is 0 Å². The average Bonchev–Trinajstić information content (AvgIpc) is 2.81. The molecule has 0 aromatic heterocycles. The Morgan fingerprint density at radius 2 is 1.67 bits per heavy atom. The van der Waals surface area contributed by atoms with E-state index in [0.717, 1.165) is 5.56 Å². The fourth-order valence-electron chi connectivity index (χ4n) is 3.10. The van der Waals surface area contributed by atoms with Crippen LogP contribution in [-0.4, -0.2) is 11.8 Å². The van der Waals surface area contributed by atoms with Crippen LogP contribution in [0.15, 0.2) is 84.9 Å². The number of amides is 2. The summed E-state index contributed by atoms with van der Waals surface area (Å²) in [7, 11) is 0. The van der Waals surface area contributed by atoms with Gasteiger partial charge in [0.2, 0.25) is 5.91 Å². The summed E-state index contributed by atoms with van der Waals surface area (Å²) in [6.45, 7) is 7.56. The summed E-state index contributed by atoms with van der Waals surface area (Å²) in [6, 6.07) is 23.9. The van der Waals surface area contributed by atoms with Gasteiger partial charge >= 0.3 is 5.91 Å². The maximum Gasteiger partial charge on any atom is 0.303 e. The lowest BCUT2D eigenvalue weighted by atomic mass is 10.0. The molecule has 1 unspecified atom stereocenters. The molecule has 3 aromatic carbocycles. The molecule has 0 radical (unpaired) electrons. The Labute approximate surface area is 175 Å². The van der Waals surface area contributed by atoms with Crippen molar-refractivity contribution >= 4 is 23.2 Å². The van der Waals surface area contributed by atoms with Crippen LogP contribution in [-0.2, 0) is 16.1 Å². The van der Waals surface area contributed by atoms with Crippen LogP contribution in [0.5, 0.6) is 0 Å². The number of hydrogen-bond acceptors (Lipinski definition) is 2. The van der Waals surface area contributed by atoms with Crippen molar-refractivity contribution in [2.75, 3.05) is 4.90 Å². The SMILES string of the molecule is [C-]#[N+]c1cccc(N(C(=O)C#C)C(C(=O)NCc2ccccc2)c2ccccc2)c1. The molecule has 0 aliphatic rings. The van der Waals surface area contributed by atoms with E-state index in [1.807, 2.05) is 36.4 Å². The predicted octanol–water partition coefficient (Wildman–Crippen LogP) is 4.26. The van der Waals surface area contributed by atoms with E-state index >= 15 is 0 Å². The van der Waals surface area contributed by atoms with Crippen LogP contribution in [0.3, 0.4) is 0 Å². The van der Waals surface area contributed by atoms with E-state index in [1.54, 1.807) is 48.5 Å². The number of rotatable bonds is 6. The van der Waals surface area contributed by atoms with E-state index in [2.05, 4.69) is 16.1 Å². The van der Waals surface area contributed by atoms with Gasteiger partial charge in [0.1, 0.15) is 6.04 Å². The van der Waals surface area contributed by atoms with Crippen LogP contribution < -0.4 is 10.2 Å². The molecule has 5 nitrogen and oxygen atoms in total. The number of hydrogen-bond donors (Lipinski definition) is 1. The number of nitrogens with one attached hydrogen (secondary N) is 1. The third-order valence-corrected chi connectivity index (χ3v) is 4.51. The predicted molar refractivity (Wildman–Crippen MR) is 116 cm³/mol. The van der Waals surface area contributed by atoms with Gasteiger partial charge in [-0.15, -0.1) is 6.42 Å². The van der Waals surface area contributed by atoms with Crippen LogP contribution in [0, 0.1) is 18.9 Å². The lowest BCUT2D eigenvalue weighted by Gasteiger charge is -2.30. The van der Waals surface area contributed by atoms with Crippen molar-refractivity contribution in [1.82, 2.24) is 5.32 Å². The molecule has 0 aliphatic heterocycles. The molecule has 3 rings (SSSR count). The van der Waals surface area contributed by atoms with Crippen molar-refractivity contribution in [3.8, 4) is 12.3 Å². The molecule has 0 aliphatic carbocycles. The van der Waals surface area contributed by atoms with E-state index < -0.39 is 11.9 Å². The minimum atomic E-state index is -0.987. The zero-order valence-corrected chi connectivity index (χ0v) is 16.2. The third kappa shape index (κ3) is 4.73. The Morgan fingerprint density at radius 1 is 1.00 bits per heavy atom. The van der Waals surface area contributed by atoms with Crippen LogP contribution in [0.4, 0.5) is 11.4 Å². The molecule has 30 heavy (non-hydrogen) atoms. The van der Waals surface area contributed by atoms with Gasteiger partial charge in [-0.2, -0.15) is 0 Å². The molecule has 146 valence electrons. The normalized spacial score (nSPS) is 10.9. The smallest absolute Gasteiger partial charge is 0.303 e. The van der Waals surface area contributed by atoms with Gasteiger partial charge in [0.05, 0.1) is 6.57 Å². The second-order valence-corrected chi connectivity index (χ2v) is 6.47. The highest BCUT2D eigenvalue weighted by Crippen LogP contribution is 2.30. The quantitative estimate of drug-likeness (QED) is 0.503. The Kier molecular flexibility index (Phi) is 6.61. The van der Waals surface area contributed by atoms with Gasteiger partial charge in [-0.05, 0) is 29.2 Å². The van der Waals surface area contributed by atoms with Gasteiger partial charge in [-0.25, -0.2) is 4.85 Å². The highest BCUT2D eigenvalue weighted by atomic mass is 16.2. The molecule has 2 amide bonds. The lowest BCUT2D eigenvalue weighted by molar-refractivity contribution is -0.125. The highest BCUT2D eigenvalue weighted by Gasteiger charge is 2.32. The summed E-state index contributed by atoms with van der Waals surface area (Å²) >= 11 is 0. The zero-order chi connectivity index (χ0) is 21.3. The minimum Gasteiger partial charge on any atom is -0.350 e. The van der Waals surface area contributed by atoms with Gasteiger partial charge in [0.25, 0.3) is 0 Å². The van der Waals surface area contributed by atoms with Crippen molar-refractivity contribution in [2.45, 2.75) is 12.6 Å². The fourth-order valence-corrected chi connectivity index (χ4v) is 3.10. The Bertz CT molecular complexity index is 1110. The maximum absolute atomic E-state index is 13.3. The molecule has 0 saturated carbocycles. The molecule has 0 heterocycles. The van der Waals surface area contributed by atoms with E-state index in [4.69, 9.17) is 13.0 Å². The van der Waals surface area contributed by atoms with Crippen molar-refractivity contribution in [3.05, 3.63) is 107 Å². The number of terminal acetylenes is 1. The van der Waals surface area contributed by atoms with Gasteiger partial charge in [-0.3, -0.25) is 14.5 Å². The van der Waals surface area contributed by atoms with Gasteiger partial charge in [-0.1, -0.05) is 72.8 Å². The Balaban J connectivity index is 2.02. The number of carbonyl (C=O) groups excluding carboxylic acids is 2. The molecule has 0 bridgehead atoms. The molecule has 1 atom stereocenters. The van der Waals surface area contributed by atoms with Crippen molar-refractivity contribution in [1.29, 1.82) is 0 Å². The fraction of sp³-hybridized carbons (Fsp3) is 0.0800. The first kappa shape index (κ1) is 20.4. The molecular weight excluding hydrogens is 374 g/mol. The van der Waals surface area contributed by atoms with Gasteiger partial charge < -0.3 is 5.32 Å². The number of benzene rings is 3. The van der Waals surface area contributed by atoms with Crippen LogP contribution >= 0.6 is 0 Å². The van der Waals surface area contributed by atoms with E-state index in [-0.39, 0.29) is 5.91 Å². The van der Waals surface area contributed by atoms with Crippen molar-refractivity contribution < 1.29 is 9.59 Å². The Hall–Kier alpha value is -4.35. The summed E-state index contributed by atoms with van der Waals surface area (Å²) in [4.78, 5) is 30.7. The Morgan fingerprint density at radius 3 is 2.30 bits per heavy atom. The standard InChI is InChI=1S/C25H19N3O2/c1-3-23(29)28(22-16-10-15-21(17-22)26-2)24(20-13-8-5-9-14-20)25(30)27-18-19-11-6-4-7-12-19/h1,4-17,24H,18H2,(H,27,30). The summed E-state index contributed by atoms with van der Waals surface area (Å²) in [5, 5.41) is 2.89. The molecule has 0 saturated heterocycles. The second-order valence-electron chi connectivity index (χ2n) is 6.47. The minimum absolute atomic E-state index is 0.309. The van der Waals surface area contributed by atoms with E-state index in [0.29, 0.717) is 23.5 Å². The average molecular weight is 393 g/mol. The first-order chi connectivity index (χ1) is 14.6. The number of anilines is 1. The summed E-state index contributed by atoms with van der Waals surface area (Å²) < 4.78 is 0. The largest absolute Gasteiger partial charge is 0.350 e. The summed E-state index contributed by atoms with van der Waals surface area (Å²) in [5.74, 6) is 1.07. The topological polar surface area (TPSA) is 53.8 Å². The third-order valence-electron chi connectivity index (χ3n) is 4.51. The van der Waals surface area contributed by atoms with E-state index in [1.165, 1.54) is 4.90 Å². The molecular formula is C25H19N3O2. The van der Waals surface area contributed by atoms with E-state index in [9.17, 15) is 9.59 Å². The first-order valence-electron chi connectivity index (χ1n) is 9.28. The molecule has 1 N–H and O–H groups in total. The van der Waals surface area contributed by atoms with Gasteiger partial charge in [0.15, 0.2) is 5.69 Å². The maximum atomic E-state index is 13.3. The zero-order valence-electron chi connectivity index (χ0n) is 16.2. The molecule has 3 aromatic rings. The van der Waals surface area contributed by atoms with Crippen LogP contribution in [0.1, 0.15) is 17.2 Å². The summed E-state index contributed by atoms with van der Waals surface area (Å²) in [6.07, 6.45) is 5.43. The van der Waals surface area contributed by atoms with Crippen LogP contribution in [0.25, 0.3) is 4.85 Å². The number of carbonyl (C=O) groups is 2. The molecule has 5 heteroatoms. The highest BCUT2D eigenvalue weighted by molar-refractivity contribution is 6.09. The lowest BCUT2D eigenvalue weighted by Crippen LogP contribution is -2.43. The first-order valence-corrected chi connectivity index (χ1v) is 9.28. The molecule has 0 fully saturated rings. The molecule has 0 spiro atoms. The monoisotopic (exact) mass is 393 g/mol. The number of nitrogens with zero attached hydrogens (tertiary/aromatic N) is 2. The van der Waals surface area contributed by atoms with Crippen molar-refractivity contribution in [3.63, 3.8) is 0 Å².